The molecule has 0 fully saturated rings. The highest BCUT2D eigenvalue weighted by atomic mass is 16.5. The summed E-state index contributed by atoms with van der Waals surface area (Å²) in [6.07, 6.45) is 1.46. The fourth-order valence-corrected chi connectivity index (χ4v) is 2.48. The Hall–Kier alpha value is -2.17. The molecule has 2 aromatic rings. The minimum atomic E-state index is -0.00454. The average molecular weight is 315 g/mol. The monoisotopic (exact) mass is 315 g/mol. The lowest BCUT2D eigenvalue weighted by Gasteiger charge is -2.26. The van der Waals surface area contributed by atoms with E-state index in [-0.39, 0.29) is 12.5 Å². The average Bonchev–Trinajstić information content (AvgIpc) is 2.51. The summed E-state index contributed by atoms with van der Waals surface area (Å²) in [7, 11) is 0. The Balaban J connectivity index is 2.06. The zero-order chi connectivity index (χ0) is 16.8. The van der Waals surface area contributed by atoms with Crippen LogP contribution in [0.25, 0.3) is 10.9 Å². The highest BCUT2D eigenvalue weighted by molar-refractivity contribution is 5.84. The fourth-order valence-electron chi connectivity index (χ4n) is 2.48. The lowest BCUT2D eigenvalue weighted by molar-refractivity contribution is -0.134. The lowest BCUT2D eigenvalue weighted by Crippen LogP contribution is -2.39. The first-order valence-corrected chi connectivity index (χ1v) is 8.07. The first kappa shape index (κ1) is 17.2. The maximum absolute atomic E-state index is 12.5. The van der Waals surface area contributed by atoms with Crippen LogP contribution in [0, 0.1) is 11.8 Å². The molecule has 5 nitrogen and oxygen atoms in total. The van der Waals surface area contributed by atoms with E-state index in [0.717, 1.165) is 24.0 Å². The minimum Gasteiger partial charge on any atom is -0.467 e. The van der Waals surface area contributed by atoms with Crippen LogP contribution in [-0.4, -0.2) is 40.5 Å². The summed E-state index contributed by atoms with van der Waals surface area (Å²) < 4.78 is 5.68. The number of carbonyl (C=O) groups excluding carboxylic acids is 1. The van der Waals surface area contributed by atoms with E-state index in [9.17, 15) is 4.79 Å². The Morgan fingerprint density at radius 1 is 1.09 bits per heavy atom. The van der Waals surface area contributed by atoms with Crippen molar-refractivity contribution in [3.8, 4) is 5.88 Å². The minimum absolute atomic E-state index is 0.000444. The van der Waals surface area contributed by atoms with Crippen molar-refractivity contribution in [2.45, 2.75) is 27.7 Å². The van der Waals surface area contributed by atoms with Gasteiger partial charge in [-0.1, -0.05) is 39.8 Å². The van der Waals surface area contributed by atoms with Crippen molar-refractivity contribution in [3.63, 3.8) is 0 Å². The first-order chi connectivity index (χ1) is 11.0. The number of hydrogen-bond acceptors (Lipinski definition) is 4. The zero-order valence-corrected chi connectivity index (χ0v) is 14.3. The Labute approximate surface area is 137 Å². The Kier molecular flexibility index (Phi) is 5.90. The highest BCUT2D eigenvalue weighted by Gasteiger charge is 2.17. The topological polar surface area (TPSA) is 55.3 Å². The number of amides is 1. The molecule has 124 valence electrons. The second-order valence-electron chi connectivity index (χ2n) is 6.57. The number of fused-ring (bicyclic) bond motifs is 1. The van der Waals surface area contributed by atoms with Crippen molar-refractivity contribution in [2.75, 3.05) is 19.7 Å². The normalized spacial score (nSPS) is 11.2. The third-order valence-corrected chi connectivity index (χ3v) is 3.36. The Morgan fingerprint density at radius 3 is 2.39 bits per heavy atom. The number of rotatable bonds is 7. The van der Waals surface area contributed by atoms with Crippen molar-refractivity contribution in [1.82, 2.24) is 14.9 Å². The van der Waals surface area contributed by atoms with Crippen LogP contribution in [0.4, 0.5) is 0 Å². The van der Waals surface area contributed by atoms with Gasteiger partial charge in [0.25, 0.3) is 5.91 Å². The van der Waals surface area contributed by atoms with Crippen LogP contribution in [-0.2, 0) is 4.79 Å². The summed E-state index contributed by atoms with van der Waals surface area (Å²) in [6.45, 7) is 9.92. The lowest BCUT2D eigenvalue weighted by atomic mass is 10.1. The Bertz CT molecular complexity index is 640. The van der Waals surface area contributed by atoms with Gasteiger partial charge >= 0.3 is 0 Å². The van der Waals surface area contributed by atoms with Crippen molar-refractivity contribution in [2.24, 2.45) is 11.8 Å². The molecule has 0 saturated carbocycles. The van der Waals surface area contributed by atoms with Crippen LogP contribution in [0.5, 0.6) is 5.88 Å². The molecule has 0 aliphatic heterocycles. The molecule has 1 heterocycles. The number of ether oxygens (including phenoxy) is 1. The van der Waals surface area contributed by atoms with E-state index < -0.39 is 0 Å². The van der Waals surface area contributed by atoms with Crippen LogP contribution in [0.15, 0.2) is 30.6 Å². The number of carbonyl (C=O) groups is 1. The van der Waals surface area contributed by atoms with Crippen molar-refractivity contribution in [1.29, 1.82) is 0 Å². The molecule has 1 aromatic heterocycles. The molecular formula is C18H25N3O2. The second-order valence-corrected chi connectivity index (χ2v) is 6.57. The number of benzene rings is 1. The standard InChI is InChI=1S/C18H25N3O2/c1-13(2)9-21(10-14(3)4)17(22)11-23-18-15-7-5-6-8-16(15)19-12-20-18/h5-8,12-14H,9-11H2,1-4H3. The number of hydrogen-bond donors (Lipinski definition) is 0. The molecule has 0 N–H and O–H groups in total. The van der Waals surface area contributed by atoms with Gasteiger partial charge in [0.2, 0.25) is 5.88 Å². The molecule has 0 aliphatic carbocycles. The predicted octanol–water partition coefficient (Wildman–Crippen LogP) is 3.15. The third kappa shape index (κ3) is 4.91. The molecule has 1 aromatic carbocycles. The van der Waals surface area contributed by atoms with Crippen molar-refractivity contribution < 1.29 is 9.53 Å². The molecular weight excluding hydrogens is 290 g/mol. The summed E-state index contributed by atoms with van der Waals surface area (Å²) in [5.74, 6) is 1.31. The summed E-state index contributed by atoms with van der Waals surface area (Å²) in [4.78, 5) is 22.7. The SMILES string of the molecule is CC(C)CN(CC(C)C)C(=O)COc1ncnc2ccccc12. The van der Waals surface area contributed by atoms with Gasteiger partial charge in [-0.3, -0.25) is 4.79 Å². The smallest absolute Gasteiger partial charge is 0.260 e. The third-order valence-electron chi connectivity index (χ3n) is 3.36. The summed E-state index contributed by atoms with van der Waals surface area (Å²) >= 11 is 0. The van der Waals surface area contributed by atoms with Gasteiger partial charge in [0.1, 0.15) is 6.33 Å². The van der Waals surface area contributed by atoms with Gasteiger partial charge in [-0.25, -0.2) is 9.97 Å². The van der Waals surface area contributed by atoms with Gasteiger partial charge in [-0.05, 0) is 24.0 Å². The van der Waals surface area contributed by atoms with Gasteiger partial charge in [-0.2, -0.15) is 0 Å². The van der Waals surface area contributed by atoms with E-state index in [1.807, 2.05) is 29.2 Å². The summed E-state index contributed by atoms with van der Waals surface area (Å²) in [5.41, 5.74) is 0.811. The van der Waals surface area contributed by atoms with Gasteiger partial charge in [-0.15, -0.1) is 0 Å². The van der Waals surface area contributed by atoms with E-state index in [2.05, 4.69) is 37.7 Å². The molecule has 0 radical (unpaired) electrons. The van der Waals surface area contributed by atoms with Gasteiger partial charge in [0.05, 0.1) is 10.9 Å². The van der Waals surface area contributed by atoms with Crippen LogP contribution in [0.1, 0.15) is 27.7 Å². The zero-order valence-electron chi connectivity index (χ0n) is 14.3. The summed E-state index contributed by atoms with van der Waals surface area (Å²) in [5, 5.41) is 0.821. The first-order valence-electron chi connectivity index (χ1n) is 8.07. The largest absolute Gasteiger partial charge is 0.467 e. The molecule has 1 amide bonds. The number of aromatic nitrogens is 2. The van der Waals surface area contributed by atoms with Crippen LogP contribution >= 0.6 is 0 Å². The number of para-hydroxylation sites is 1. The molecule has 0 saturated heterocycles. The molecule has 0 spiro atoms. The maximum Gasteiger partial charge on any atom is 0.260 e. The van der Waals surface area contributed by atoms with E-state index in [4.69, 9.17) is 4.74 Å². The molecule has 23 heavy (non-hydrogen) atoms. The van der Waals surface area contributed by atoms with Crippen LogP contribution in [0.3, 0.4) is 0 Å². The van der Waals surface area contributed by atoms with Crippen LogP contribution < -0.4 is 4.74 Å². The Morgan fingerprint density at radius 2 is 1.74 bits per heavy atom. The molecule has 0 aliphatic rings. The van der Waals surface area contributed by atoms with Gasteiger partial charge in [0.15, 0.2) is 6.61 Å². The molecule has 2 rings (SSSR count). The van der Waals surface area contributed by atoms with E-state index in [1.165, 1.54) is 6.33 Å². The van der Waals surface area contributed by atoms with Crippen molar-refractivity contribution >= 4 is 16.8 Å². The summed E-state index contributed by atoms with van der Waals surface area (Å²) in [6, 6.07) is 7.62. The quantitative estimate of drug-likeness (QED) is 0.787. The number of nitrogens with zero attached hydrogens (tertiary/aromatic N) is 3. The predicted molar refractivity (Wildman–Crippen MR) is 91.3 cm³/mol. The van der Waals surface area contributed by atoms with Crippen molar-refractivity contribution in [3.05, 3.63) is 30.6 Å². The highest BCUT2D eigenvalue weighted by Crippen LogP contribution is 2.20. The van der Waals surface area contributed by atoms with E-state index in [0.29, 0.717) is 17.7 Å². The second kappa shape index (κ2) is 7.90. The molecule has 0 bridgehead atoms. The molecule has 5 heteroatoms. The molecule has 0 atom stereocenters. The van der Waals surface area contributed by atoms with E-state index in [1.54, 1.807) is 0 Å². The van der Waals surface area contributed by atoms with Crippen LogP contribution in [0.2, 0.25) is 0 Å². The van der Waals surface area contributed by atoms with Gasteiger partial charge in [0, 0.05) is 13.1 Å². The molecule has 0 unspecified atom stereocenters. The fraction of sp³-hybridized carbons (Fsp3) is 0.500. The van der Waals surface area contributed by atoms with Gasteiger partial charge < -0.3 is 9.64 Å². The van der Waals surface area contributed by atoms with E-state index >= 15 is 0 Å². The maximum atomic E-state index is 12.5.